The number of amides is 2. The van der Waals surface area contributed by atoms with Gasteiger partial charge in [-0.15, -0.1) is 0 Å². The van der Waals surface area contributed by atoms with Crippen LogP contribution in [-0.4, -0.2) is 34.3 Å². The van der Waals surface area contributed by atoms with E-state index in [2.05, 4.69) is 13.8 Å². The number of hydrogen-bond acceptors (Lipinski definition) is 3. The Labute approximate surface area is 119 Å². The summed E-state index contributed by atoms with van der Waals surface area (Å²) in [5.74, 6) is -1.25. The fourth-order valence-electron chi connectivity index (χ4n) is 2.46. The molecule has 0 atom stereocenters. The maximum Gasteiger partial charge on any atom is 0.306 e. The number of carbonyl (C=O) groups excluding carboxylic acids is 2. The molecule has 1 aliphatic heterocycles. The predicted molar refractivity (Wildman–Crippen MR) is 74.9 cm³/mol. The first-order chi connectivity index (χ1) is 9.49. The van der Waals surface area contributed by atoms with Gasteiger partial charge in [0.05, 0.1) is 5.92 Å². The van der Waals surface area contributed by atoms with Gasteiger partial charge in [0, 0.05) is 18.7 Å². The maximum atomic E-state index is 11.4. The van der Waals surface area contributed by atoms with Gasteiger partial charge in [-0.25, -0.2) is 0 Å². The molecular formula is C15H23NO4. The van der Waals surface area contributed by atoms with Crippen molar-refractivity contribution in [1.82, 2.24) is 4.90 Å². The lowest BCUT2D eigenvalue weighted by atomic mass is 9.82. The average molecular weight is 281 g/mol. The first-order valence-corrected chi connectivity index (χ1v) is 7.25. The number of carboxylic acid groups (broad SMARTS) is 1. The molecule has 0 aromatic carbocycles. The third kappa shape index (κ3) is 4.47. The van der Waals surface area contributed by atoms with E-state index in [0.717, 1.165) is 12.8 Å². The molecule has 0 aromatic rings. The summed E-state index contributed by atoms with van der Waals surface area (Å²) in [4.78, 5) is 34.7. The first kappa shape index (κ1) is 16.4. The molecule has 1 fully saturated rings. The van der Waals surface area contributed by atoms with Gasteiger partial charge < -0.3 is 5.11 Å². The summed E-state index contributed by atoms with van der Waals surface area (Å²) in [5.41, 5.74) is 0. The Morgan fingerprint density at radius 2 is 1.60 bits per heavy atom. The van der Waals surface area contributed by atoms with Crippen LogP contribution in [-0.2, 0) is 14.4 Å². The van der Waals surface area contributed by atoms with Crippen molar-refractivity contribution in [3.05, 3.63) is 12.2 Å². The normalized spacial score (nSPS) is 25.4. The topological polar surface area (TPSA) is 74.7 Å². The highest BCUT2D eigenvalue weighted by Gasteiger charge is 2.30. The maximum absolute atomic E-state index is 11.4. The van der Waals surface area contributed by atoms with E-state index in [4.69, 9.17) is 5.11 Å². The molecule has 0 unspecified atom stereocenters. The second kappa shape index (κ2) is 7.82. The number of nitrogens with zero attached hydrogens (tertiary/aromatic N) is 1. The molecule has 1 aliphatic carbocycles. The summed E-state index contributed by atoms with van der Waals surface area (Å²) in [5, 5.41) is 8.86. The monoisotopic (exact) mass is 281 g/mol. The van der Waals surface area contributed by atoms with Crippen LogP contribution in [0.1, 0.15) is 46.0 Å². The number of carbonyl (C=O) groups is 3. The molecule has 5 nitrogen and oxygen atoms in total. The smallest absolute Gasteiger partial charge is 0.306 e. The van der Waals surface area contributed by atoms with E-state index in [1.165, 1.54) is 23.5 Å². The number of carboxylic acids is 1. The Morgan fingerprint density at radius 3 is 2.00 bits per heavy atom. The van der Waals surface area contributed by atoms with Crippen molar-refractivity contribution in [2.75, 3.05) is 6.54 Å². The van der Waals surface area contributed by atoms with Crippen molar-refractivity contribution >= 4 is 17.8 Å². The summed E-state index contributed by atoms with van der Waals surface area (Å²) >= 11 is 0. The molecule has 2 rings (SSSR count). The molecule has 2 amide bonds. The van der Waals surface area contributed by atoms with Crippen molar-refractivity contribution in [3.8, 4) is 0 Å². The van der Waals surface area contributed by atoms with Crippen molar-refractivity contribution in [2.24, 2.45) is 11.8 Å². The molecule has 112 valence electrons. The predicted octanol–water partition coefficient (Wildman–Crippen LogP) is 2.22. The zero-order chi connectivity index (χ0) is 15.1. The van der Waals surface area contributed by atoms with Gasteiger partial charge in [0.2, 0.25) is 0 Å². The molecule has 0 aromatic heterocycles. The van der Waals surface area contributed by atoms with Gasteiger partial charge in [-0.05, 0) is 31.6 Å². The molecule has 0 saturated heterocycles. The lowest BCUT2D eigenvalue weighted by Gasteiger charge is -2.28. The van der Waals surface area contributed by atoms with Crippen LogP contribution in [0, 0.1) is 11.8 Å². The van der Waals surface area contributed by atoms with E-state index >= 15 is 0 Å². The van der Waals surface area contributed by atoms with E-state index in [0.29, 0.717) is 19.4 Å². The summed E-state index contributed by atoms with van der Waals surface area (Å²) in [6.07, 6.45) is 6.64. The quantitative estimate of drug-likeness (QED) is 0.805. The van der Waals surface area contributed by atoms with E-state index in [9.17, 15) is 14.4 Å². The number of hydrogen-bond donors (Lipinski definition) is 1. The second-order valence-electron chi connectivity index (χ2n) is 5.38. The Kier molecular flexibility index (Phi) is 6.42. The van der Waals surface area contributed by atoms with Crippen molar-refractivity contribution in [3.63, 3.8) is 0 Å². The Balaban J connectivity index is 0.000000612. The Bertz CT molecular complexity index is 377. The third-order valence-electron chi connectivity index (χ3n) is 3.54. The van der Waals surface area contributed by atoms with Crippen LogP contribution in [0.4, 0.5) is 0 Å². The van der Waals surface area contributed by atoms with Gasteiger partial charge in [0.1, 0.15) is 0 Å². The zero-order valence-electron chi connectivity index (χ0n) is 12.2. The standard InChI is InChI=1S/C12H15NO4.C3H8/c14-10-5-6-11(15)13(10)7-8-1-3-9(4-2-8)12(16)17;1-3-2/h5-6,8-9H,1-4,7H2,(H,16,17);3H2,1-2H3. The number of rotatable bonds is 3. The van der Waals surface area contributed by atoms with Gasteiger partial charge in [-0.2, -0.15) is 0 Å². The lowest BCUT2D eigenvalue weighted by Crippen LogP contribution is -2.36. The van der Waals surface area contributed by atoms with Gasteiger partial charge in [0.25, 0.3) is 11.8 Å². The van der Waals surface area contributed by atoms with Crippen molar-refractivity contribution < 1.29 is 19.5 Å². The first-order valence-electron chi connectivity index (χ1n) is 7.25. The fourth-order valence-corrected chi connectivity index (χ4v) is 2.46. The summed E-state index contributed by atoms with van der Waals surface area (Å²) < 4.78 is 0. The fraction of sp³-hybridized carbons (Fsp3) is 0.667. The molecule has 5 heteroatoms. The average Bonchev–Trinajstić information content (AvgIpc) is 2.72. The number of imide groups is 1. The summed E-state index contributed by atoms with van der Waals surface area (Å²) in [7, 11) is 0. The number of aliphatic carboxylic acids is 1. The second-order valence-corrected chi connectivity index (χ2v) is 5.38. The highest BCUT2D eigenvalue weighted by Crippen LogP contribution is 2.29. The summed E-state index contributed by atoms with van der Waals surface area (Å²) in [6.45, 7) is 4.68. The molecule has 0 bridgehead atoms. The molecule has 20 heavy (non-hydrogen) atoms. The van der Waals surface area contributed by atoms with Crippen molar-refractivity contribution in [2.45, 2.75) is 46.0 Å². The molecule has 2 aliphatic rings. The van der Waals surface area contributed by atoms with Crippen LogP contribution in [0.5, 0.6) is 0 Å². The zero-order valence-corrected chi connectivity index (χ0v) is 12.2. The largest absolute Gasteiger partial charge is 0.481 e. The minimum Gasteiger partial charge on any atom is -0.481 e. The molecule has 0 radical (unpaired) electrons. The minimum absolute atomic E-state index is 0.249. The molecular weight excluding hydrogens is 258 g/mol. The van der Waals surface area contributed by atoms with Gasteiger partial charge in [-0.3, -0.25) is 19.3 Å². The summed E-state index contributed by atoms with van der Waals surface area (Å²) in [6, 6.07) is 0. The lowest BCUT2D eigenvalue weighted by molar-refractivity contribution is -0.144. The molecule has 1 saturated carbocycles. The minimum atomic E-state index is -0.738. The van der Waals surface area contributed by atoms with Crippen LogP contribution in [0.25, 0.3) is 0 Å². The highest BCUT2D eigenvalue weighted by atomic mass is 16.4. The van der Waals surface area contributed by atoms with Crippen LogP contribution < -0.4 is 0 Å². The third-order valence-corrected chi connectivity index (χ3v) is 3.54. The van der Waals surface area contributed by atoms with Crippen LogP contribution in [0.3, 0.4) is 0 Å². The van der Waals surface area contributed by atoms with Crippen molar-refractivity contribution in [1.29, 1.82) is 0 Å². The van der Waals surface area contributed by atoms with Crippen LogP contribution in [0.2, 0.25) is 0 Å². The van der Waals surface area contributed by atoms with Gasteiger partial charge in [-0.1, -0.05) is 20.3 Å². The molecule has 1 N–H and O–H groups in total. The van der Waals surface area contributed by atoms with Crippen LogP contribution >= 0.6 is 0 Å². The van der Waals surface area contributed by atoms with Gasteiger partial charge >= 0.3 is 5.97 Å². The highest BCUT2D eigenvalue weighted by molar-refractivity contribution is 6.12. The van der Waals surface area contributed by atoms with Gasteiger partial charge in [0.15, 0.2) is 0 Å². The van der Waals surface area contributed by atoms with E-state index in [-0.39, 0.29) is 23.7 Å². The molecule has 1 heterocycles. The van der Waals surface area contributed by atoms with E-state index in [1.807, 2.05) is 0 Å². The van der Waals surface area contributed by atoms with Crippen LogP contribution in [0.15, 0.2) is 12.2 Å². The van der Waals surface area contributed by atoms with E-state index < -0.39 is 5.97 Å². The molecule has 0 spiro atoms. The Hall–Kier alpha value is -1.65. The Morgan fingerprint density at radius 1 is 1.15 bits per heavy atom. The SMILES string of the molecule is CCC.O=C(O)C1CCC(CN2C(=O)C=CC2=O)CC1. The van der Waals surface area contributed by atoms with E-state index in [1.54, 1.807) is 0 Å².